The van der Waals surface area contributed by atoms with E-state index in [0.717, 1.165) is 24.9 Å². The van der Waals surface area contributed by atoms with E-state index >= 15 is 0 Å². The zero-order valence-electron chi connectivity index (χ0n) is 11.1. The van der Waals surface area contributed by atoms with E-state index in [1.807, 2.05) is 31.2 Å². The highest BCUT2D eigenvalue weighted by molar-refractivity contribution is 5.85. The molecular formula is C14H23ClN2O. The minimum absolute atomic E-state index is 0. The molecule has 0 fully saturated rings. The van der Waals surface area contributed by atoms with Crippen LogP contribution < -0.4 is 11.1 Å². The van der Waals surface area contributed by atoms with E-state index in [-0.39, 0.29) is 24.2 Å². The number of benzene rings is 1. The number of anilines is 1. The largest absolute Gasteiger partial charge is 0.399 e. The molecule has 4 heteroatoms. The smallest absolute Gasteiger partial charge is 0.222 e. The molecule has 1 aromatic rings. The summed E-state index contributed by atoms with van der Waals surface area (Å²) in [6.45, 7) is 4.76. The Labute approximate surface area is 116 Å². The van der Waals surface area contributed by atoms with Gasteiger partial charge in [-0.2, -0.15) is 0 Å². The Kier molecular flexibility index (Phi) is 8.21. The summed E-state index contributed by atoms with van der Waals surface area (Å²) in [5, 5.41) is 2.96. The van der Waals surface area contributed by atoms with E-state index < -0.39 is 0 Å². The van der Waals surface area contributed by atoms with Crippen LogP contribution in [0.5, 0.6) is 0 Å². The summed E-state index contributed by atoms with van der Waals surface area (Å²) in [6.07, 6.45) is 2.85. The number of hydrogen-bond donors (Lipinski definition) is 2. The zero-order valence-corrected chi connectivity index (χ0v) is 11.9. The van der Waals surface area contributed by atoms with Crippen LogP contribution in [-0.4, -0.2) is 12.5 Å². The molecule has 1 unspecified atom stereocenters. The molecule has 1 rings (SSSR count). The Balaban J connectivity index is 0.00000289. The molecule has 0 radical (unpaired) electrons. The summed E-state index contributed by atoms with van der Waals surface area (Å²) in [5.74, 6) is 0.272. The maximum atomic E-state index is 11.6. The summed E-state index contributed by atoms with van der Waals surface area (Å²) < 4.78 is 0. The number of nitrogen functional groups attached to an aromatic ring is 1. The molecule has 0 bridgehead atoms. The van der Waals surface area contributed by atoms with E-state index in [4.69, 9.17) is 5.73 Å². The van der Waals surface area contributed by atoms with Crippen molar-refractivity contribution in [3.8, 4) is 0 Å². The van der Waals surface area contributed by atoms with Crippen molar-refractivity contribution in [3.05, 3.63) is 29.8 Å². The molecule has 0 aromatic heterocycles. The highest BCUT2D eigenvalue weighted by Gasteiger charge is 2.10. The first-order chi connectivity index (χ1) is 8.13. The van der Waals surface area contributed by atoms with Gasteiger partial charge in [0.1, 0.15) is 0 Å². The van der Waals surface area contributed by atoms with Gasteiger partial charge in [-0.3, -0.25) is 4.79 Å². The first kappa shape index (κ1) is 16.8. The number of nitrogens with two attached hydrogens (primary N) is 1. The first-order valence-corrected chi connectivity index (χ1v) is 6.25. The van der Waals surface area contributed by atoms with Gasteiger partial charge in [-0.25, -0.2) is 0 Å². The monoisotopic (exact) mass is 270 g/mol. The normalized spacial score (nSPS) is 11.4. The highest BCUT2D eigenvalue weighted by Crippen LogP contribution is 2.07. The van der Waals surface area contributed by atoms with Gasteiger partial charge >= 0.3 is 0 Å². The van der Waals surface area contributed by atoms with Crippen LogP contribution in [0.15, 0.2) is 24.3 Å². The predicted molar refractivity (Wildman–Crippen MR) is 78.9 cm³/mol. The van der Waals surface area contributed by atoms with E-state index in [2.05, 4.69) is 12.2 Å². The van der Waals surface area contributed by atoms with Gasteiger partial charge in [-0.15, -0.1) is 12.4 Å². The SMILES string of the molecule is CCCC(C)C(=O)NCCc1ccc(N)cc1.Cl. The summed E-state index contributed by atoms with van der Waals surface area (Å²) in [6, 6.07) is 7.77. The number of carbonyl (C=O) groups is 1. The van der Waals surface area contributed by atoms with E-state index in [1.165, 1.54) is 5.56 Å². The second kappa shape index (κ2) is 8.81. The fourth-order valence-electron chi connectivity index (χ4n) is 1.75. The third-order valence-corrected chi connectivity index (χ3v) is 2.86. The molecule has 18 heavy (non-hydrogen) atoms. The second-order valence-corrected chi connectivity index (χ2v) is 4.47. The van der Waals surface area contributed by atoms with Crippen molar-refractivity contribution < 1.29 is 4.79 Å². The van der Waals surface area contributed by atoms with Gasteiger partial charge < -0.3 is 11.1 Å². The minimum Gasteiger partial charge on any atom is -0.399 e. The Morgan fingerprint density at radius 2 is 1.94 bits per heavy atom. The third-order valence-electron chi connectivity index (χ3n) is 2.86. The van der Waals surface area contributed by atoms with Crippen molar-refractivity contribution >= 4 is 24.0 Å². The Hall–Kier alpha value is -1.22. The lowest BCUT2D eigenvalue weighted by Crippen LogP contribution is -2.30. The van der Waals surface area contributed by atoms with Gasteiger partial charge in [0, 0.05) is 18.2 Å². The zero-order chi connectivity index (χ0) is 12.7. The van der Waals surface area contributed by atoms with Crippen molar-refractivity contribution in [2.24, 2.45) is 5.92 Å². The van der Waals surface area contributed by atoms with Crippen LogP contribution in [0.1, 0.15) is 32.3 Å². The molecule has 0 aliphatic carbocycles. The van der Waals surface area contributed by atoms with Crippen molar-refractivity contribution in [1.82, 2.24) is 5.32 Å². The van der Waals surface area contributed by atoms with Crippen LogP contribution in [0.3, 0.4) is 0 Å². The molecule has 3 nitrogen and oxygen atoms in total. The standard InChI is InChI=1S/C14H22N2O.ClH/c1-3-4-11(2)14(17)16-10-9-12-5-7-13(15)8-6-12;/h5-8,11H,3-4,9-10,15H2,1-2H3,(H,16,17);1H. The van der Waals surface area contributed by atoms with Crippen molar-refractivity contribution in [2.45, 2.75) is 33.1 Å². The predicted octanol–water partition coefficient (Wildman–Crippen LogP) is 2.79. The van der Waals surface area contributed by atoms with Gasteiger partial charge in [0.05, 0.1) is 0 Å². The van der Waals surface area contributed by atoms with Crippen molar-refractivity contribution in [1.29, 1.82) is 0 Å². The Bertz CT molecular complexity index is 351. The number of rotatable bonds is 6. The average Bonchev–Trinajstić information content (AvgIpc) is 2.32. The topological polar surface area (TPSA) is 55.1 Å². The van der Waals surface area contributed by atoms with Crippen LogP contribution in [0.25, 0.3) is 0 Å². The maximum absolute atomic E-state index is 11.6. The molecule has 102 valence electrons. The number of carbonyl (C=O) groups excluding carboxylic acids is 1. The summed E-state index contributed by atoms with van der Waals surface area (Å²) in [4.78, 5) is 11.6. The molecule has 0 saturated heterocycles. The molecule has 1 atom stereocenters. The van der Waals surface area contributed by atoms with Crippen LogP contribution in [0.2, 0.25) is 0 Å². The summed E-state index contributed by atoms with van der Waals surface area (Å²) in [5.41, 5.74) is 7.58. The number of halogens is 1. The van der Waals surface area contributed by atoms with Gasteiger partial charge in [0.25, 0.3) is 0 Å². The Morgan fingerprint density at radius 1 is 1.33 bits per heavy atom. The van der Waals surface area contributed by atoms with Crippen LogP contribution in [-0.2, 0) is 11.2 Å². The van der Waals surface area contributed by atoms with Gasteiger partial charge in [-0.1, -0.05) is 32.4 Å². The van der Waals surface area contributed by atoms with Gasteiger partial charge in [0.15, 0.2) is 0 Å². The van der Waals surface area contributed by atoms with Crippen molar-refractivity contribution in [2.75, 3.05) is 12.3 Å². The molecule has 0 aliphatic rings. The minimum atomic E-state index is 0. The molecule has 1 amide bonds. The van der Waals surface area contributed by atoms with E-state index in [9.17, 15) is 4.79 Å². The van der Waals surface area contributed by atoms with Gasteiger partial charge in [0.2, 0.25) is 5.91 Å². The fraction of sp³-hybridized carbons (Fsp3) is 0.500. The summed E-state index contributed by atoms with van der Waals surface area (Å²) in [7, 11) is 0. The molecule has 3 N–H and O–H groups in total. The highest BCUT2D eigenvalue weighted by atomic mass is 35.5. The van der Waals surface area contributed by atoms with Gasteiger partial charge in [-0.05, 0) is 30.5 Å². The van der Waals surface area contributed by atoms with Crippen LogP contribution >= 0.6 is 12.4 Å². The van der Waals surface area contributed by atoms with Crippen molar-refractivity contribution in [3.63, 3.8) is 0 Å². The molecular weight excluding hydrogens is 248 g/mol. The molecule has 0 aliphatic heterocycles. The number of hydrogen-bond acceptors (Lipinski definition) is 2. The molecule has 0 heterocycles. The number of nitrogens with one attached hydrogen (secondary N) is 1. The quantitative estimate of drug-likeness (QED) is 0.781. The summed E-state index contributed by atoms with van der Waals surface area (Å²) >= 11 is 0. The Morgan fingerprint density at radius 3 is 2.50 bits per heavy atom. The number of amides is 1. The lowest BCUT2D eigenvalue weighted by Gasteiger charge is -2.11. The average molecular weight is 271 g/mol. The lowest BCUT2D eigenvalue weighted by molar-refractivity contribution is -0.124. The fourth-order valence-corrected chi connectivity index (χ4v) is 1.75. The molecule has 0 saturated carbocycles. The van der Waals surface area contributed by atoms with Crippen LogP contribution in [0.4, 0.5) is 5.69 Å². The third kappa shape index (κ3) is 5.92. The lowest BCUT2D eigenvalue weighted by atomic mass is 10.1. The van der Waals surface area contributed by atoms with Crippen LogP contribution in [0, 0.1) is 5.92 Å². The van der Waals surface area contributed by atoms with E-state index in [0.29, 0.717) is 6.54 Å². The maximum Gasteiger partial charge on any atom is 0.222 e. The molecule has 0 spiro atoms. The first-order valence-electron chi connectivity index (χ1n) is 6.25. The molecule has 1 aromatic carbocycles. The van der Waals surface area contributed by atoms with E-state index in [1.54, 1.807) is 0 Å². The second-order valence-electron chi connectivity index (χ2n) is 4.47.